The van der Waals surface area contributed by atoms with Gasteiger partial charge in [0.25, 0.3) is 5.91 Å². The number of nitrogens with one attached hydrogen (secondary N) is 1. The van der Waals surface area contributed by atoms with E-state index in [1.54, 1.807) is 6.92 Å². The highest BCUT2D eigenvalue weighted by atomic mass is 19.4. The van der Waals surface area contributed by atoms with Crippen LogP contribution in [0.3, 0.4) is 0 Å². The molecule has 6 nitrogen and oxygen atoms in total. The molecule has 2 aliphatic heterocycles. The molecule has 0 bridgehead atoms. The van der Waals surface area contributed by atoms with Crippen molar-refractivity contribution in [3.63, 3.8) is 0 Å². The molecule has 2 amide bonds. The maximum Gasteiger partial charge on any atom is 0.416 e. The SMILES string of the molecule is CC(CC#N)N1CC(=O)N(Cc2ccc(C(F)(F)F)cc2)C2(CNC2)C1=O. The van der Waals surface area contributed by atoms with Crippen molar-refractivity contribution in [3.05, 3.63) is 35.4 Å². The maximum atomic E-state index is 13.0. The van der Waals surface area contributed by atoms with Crippen LogP contribution in [0.1, 0.15) is 24.5 Å². The summed E-state index contributed by atoms with van der Waals surface area (Å²) < 4.78 is 38.1. The number of nitrogens with zero attached hydrogens (tertiary/aromatic N) is 3. The molecule has 2 saturated heterocycles. The lowest BCUT2D eigenvalue weighted by Crippen LogP contribution is -2.80. The molecule has 27 heavy (non-hydrogen) atoms. The molecule has 2 heterocycles. The highest BCUT2D eigenvalue weighted by Gasteiger charge is 2.56. The summed E-state index contributed by atoms with van der Waals surface area (Å²) in [5, 5.41) is 11.9. The molecule has 3 rings (SSSR count). The molecule has 0 saturated carbocycles. The number of halogens is 3. The van der Waals surface area contributed by atoms with E-state index in [2.05, 4.69) is 5.32 Å². The molecule has 0 aromatic heterocycles. The highest BCUT2D eigenvalue weighted by molar-refractivity contribution is 5.99. The monoisotopic (exact) mass is 380 g/mol. The minimum Gasteiger partial charge on any atom is -0.328 e. The van der Waals surface area contributed by atoms with Crippen molar-refractivity contribution in [1.29, 1.82) is 5.26 Å². The van der Waals surface area contributed by atoms with E-state index in [9.17, 15) is 22.8 Å². The fraction of sp³-hybridized carbons (Fsp3) is 0.500. The van der Waals surface area contributed by atoms with Gasteiger partial charge >= 0.3 is 6.18 Å². The molecule has 2 aliphatic rings. The van der Waals surface area contributed by atoms with Gasteiger partial charge in [0.2, 0.25) is 5.91 Å². The lowest BCUT2D eigenvalue weighted by molar-refractivity contribution is -0.172. The molecule has 1 spiro atoms. The Morgan fingerprint density at radius 1 is 1.26 bits per heavy atom. The van der Waals surface area contributed by atoms with Gasteiger partial charge in [0.1, 0.15) is 12.1 Å². The third-order valence-electron chi connectivity index (χ3n) is 5.16. The number of benzene rings is 1. The summed E-state index contributed by atoms with van der Waals surface area (Å²) in [4.78, 5) is 28.6. The van der Waals surface area contributed by atoms with Gasteiger partial charge in [0, 0.05) is 25.7 Å². The Morgan fingerprint density at radius 2 is 1.89 bits per heavy atom. The Kier molecular flexibility index (Phi) is 4.86. The third kappa shape index (κ3) is 3.37. The van der Waals surface area contributed by atoms with Crippen LogP contribution < -0.4 is 5.32 Å². The fourth-order valence-corrected chi connectivity index (χ4v) is 3.45. The van der Waals surface area contributed by atoms with Gasteiger partial charge in [-0.25, -0.2) is 0 Å². The summed E-state index contributed by atoms with van der Waals surface area (Å²) in [6.07, 6.45) is -4.30. The molecule has 9 heteroatoms. The van der Waals surface area contributed by atoms with Gasteiger partial charge < -0.3 is 15.1 Å². The third-order valence-corrected chi connectivity index (χ3v) is 5.16. The van der Waals surface area contributed by atoms with Gasteiger partial charge in [-0.3, -0.25) is 9.59 Å². The molecular weight excluding hydrogens is 361 g/mol. The Morgan fingerprint density at radius 3 is 2.37 bits per heavy atom. The molecular formula is C18H19F3N4O2. The summed E-state index contributed by atoms with van der Waals surface area (Å²) in [6, 6.07) is 6.22. The van der Waals surface area contributed by atoms with Crippen molar-refractivity contribution < 1.29 is 22.8 Å². The summed E-state index contributed by atoms with van der Waals surface area (Å²) in [5.74, 6) is -0.503. The van der Waals surface area contributed by atoms with Crippen LogP contribution in [0.25, 0.3) is 0 Å². The molecule has 144 valence electrons. The molecule has 2 fully saturated rings. The van der Waals surface area contributed by atoms with E-state index in [0.29, 0.717) is 5.56 Å². The summed E-state index contributed by atoms with van der Waals surface area (Å²) >= 11 is 0. The van der Waals surface area contributed by atoms with Crippen LogP contribution in [0.5, 0.6) is 0 Å². The Hall–Kier alpha value is -2.60. The van der Waals surface area contributed by atoms with E-state index >= 15 is 0 Å². The predicted molar refractivity (Wildman–Crippen MR) is 89.0 cm³/mol. The van der Waals surface area contributed by atoms with Gasteiger partial charge in [-0.15, -0.1) is 0 Å². The number of amides is 2. The number of hydrogen-bond donors (Lipinski definition) is 1. The van der Waals surface area contributed by atoms with E-state index in [4.69, 9.17) is 5.26 Å². The van der Waals surface area contributed by atoms with Crippen LogP contribution in [0.15, 0.2) is 24.3 Å². The zero-order chi connectivity index (χ0) is 19.8. The van der Waals surface area contributed by atoms with E-state index < -0.39 is 17.3 Å². The maximum absolute atomic E-state index is 13.0. The van der Waals surface area contributed by atoms with Crippen LogP contribution >= 0.6 is 0 Å². The molecule has 0 radical (unpaired) electrons. The van der Waals surface area contributed by atoms with Crippen molar-refractivity contribution in [3.8, 4) is 6.07 Å². The van der Waals surface area contributed by atoms with E-state index in [1.165, 1.54) is 21.9 Å². The van der Waals surface area contributed by atoms with Gasteiger partial charge in [0.15, 0.2) is 0 Å². The first kappa shape index (κ1) is 19.2. The quantitative estimate of drug-likeness (QED) is 0.859. The Bertz CT molecular complexity index is 781. The first-order valence-electron chi connectivity index (χ1n) is 8.54. The van der Waals surface area contributed by atoms with Gasteiger partial charge in [-0.1, -0.05) is 12.1 Å². The standard InChI is InChI=1S/C18H19F3N4O2/c1-12(6-7-22)24-9-15(26)25(17(16(24)27)10-23-11-17)8-13-2-4-14(5-3-13)18(19,20)21/h2-5,12,23H,6,8-11H2,1H3. The number of carbonyl (C=O) groups is 2. The summed E-state index contributed by atoms with van der Waals surface area (Å²) in [5.41, 5.74) is -1.28. The van der Waals surface area contributed by atoms with Crippen LogP contribution in [0.4, 0.5) is 13.2 Å². The zero-order valence-corrected chi connectivity index (χ0v) is 14.7. The van der Waals surface area contributed by atoms with Crippen LogP contribution in [-0.4, -0.2) is 52.8 Å². The Labute approximate surface area is 154 Å². The second-order valence-electron chi connectivity index (χ2n) is 6.95. The lowest BCUT2D eigenvalue weighted by Gasteiger charge is -2.55. The van der Waals surface area contributed by atoms with Crippen molar-refractivity contribution >= 4 is 11.8 Å². The summed E-state index contributed by atoms with van der Waals surface area (Å²) in [7, 11) is 0. The van der Waals surface area contributed by atoms with E-state index in [1.807, 2.05) is 6.07 Å². The average Bonchev–Trinajstić information content (AvgIpc) is 2.56. The minimum absolute atomic E-state index is 0.0604. The van der Waals surface area contributed by atoms with Gasteiger partial charge in [-0.05, 0) is 24.6 Å². The second-order valence-corrected chi connectivity index (χ2v) is 6.95. The molecule has 1 N–H and O–H groups in total. The predicted octanol–water partition coefficient (Wildman–Crippen LogP) is 1.52. The Balaban J connectivity index is 1.82. The average molecular weight is 380 g/mol. The van der Waals surface area contributed by atoms with Crippen LogP contribution in [0.2, 0.25) is 0 Å². The number of rotatable bonds is 4. The molecule has 1 aromatic rings. The van der Waals surface area contributed by atoms with Crippen LogP contribution in [-0.2, 0) is 22.3 Å². The fourth-order valence-electron chi connectivity index (χ4n) is 3.45. The van der Waals surface area contributed by atoms with Crippen molar-refractivity contribution in [2.45, 2.75) is 37.6 Å². The van der Waals surface area contributed by atoms with Crippen LogP contribution in [0, 0.1) is 11.3 Å². The minimum atomic E-state index is -4.42. The smallest absolute Gasteiger partial charge is 0.328 e. The normalized spacial score (nSPS) is 20.4. The lowest BCUT2D eigenvalue weighted by atomic mass is 9.84. The largest absolute Gasteiger partial charge is 0.416 e. The molecule has 1 atom stereocenters. The van der Waals surface area contributed by atoms with Gasteiger partial charge in [0.05, 0.1) is 18.1 Å². The molecule has 1 aromatic carbocycles. The number of carbonyl (C=O) groups excluding carboxylic acids is 2. The number of nitriles is 1. The van der Waals surface area contributed by atoms with Crippen molar-refractivity contribution in [2.24, 2.45) is 0 Å². The first-order valence-corrected chi connectivity index (χ1v) is 8.54. The number of alkyl halides is 3. The number of piperazine rings is 1. The zero-order valence-electron chi connectivity index (χ0n) is 14.7. The van der Waals surface area contributed by atoms with Crippen molar-refractivity contribution in [1.82, 2.24) is 15.1 Å². The summed E-state index contributed by atoms with van der Waals surface area (Å²) in [6.45, 7) is 2.22. The molecule has 1 unspecified atom stereocenters. The topological polar surface area (TPSA) is 76.4 Å². The van der Waals surface area contributed by atoms with Crippen molar-refractivity contribution in [2.75, 3.05) is 19.6 Å². The second kappa shape index (κ2) is 6.85. The van der Waals surface area contributed by atoms with Gasteiger partial charge in [-0.2, -0.15) is 18.4 Å². The highest BCUT2D eigenvalue weighted by Crippen LogP contribution is 2.32. The van der Waals surface area contributed by atoms with E-state index in [0.717, 1.165) is 12.1 Å². The first-order chi connectivity index (χ1) is 12.7. The number of hydrogen-bond acceptors (Lipinski definition) is 4. The molecule has 0 aliphatic carbocycles. The van der Waals surface area contributed by atoms with E-state index in [-0.39, 0.29) is 50.5 Å².